The molecule has 0 atom stereocenters. The normalized spacial score (nSPS) is 15.7. The van der Waals surface area contributed by atoms with Gasteiger partial charge in [-0.3, -0.25) is 9.79 Å². The number of nitrogens with zero attached hydrogens (tertiary/aromatic N) is 4. The van der Waals surface area contributed by atoms with E-state index in [9.17, 15) is 13.2 Å². The predicted molar refractivity (Wildman–Crippen MR) is 117 cm³/mol. The van der Waals surface area contributed by atoms with Crippen LogP contribution in [0.2, 0.25) is 0 Å². The number of aromatic nitrogens is 1. The van der Waals surface area contributed by atoms with E-state index < -0.39 is 10.0 Å². The molecule has 1 aliphatic heterocycles. The second-order valence-electron chi connectivity index (χ2n) is 7.09. The third kappa shape index (κ3) is 6.05. The van der Waals surface area contributed by atoms with Gasteiger partial charge in [-0.2, -0.15) is 4.31 Å². The summed E-state index contributed by atoms with van der Waals surface area (Å²) in [5.41, 5.74) is 1.97. The highest BCUT2D eigenvalue weighted by atomic mass is 32.2. The van der Waals surface area contributed by atoms with Crippen LogP contribution in [0.3, 0.4) is 0 Å². The van der Waals surface area contributed by atoms with Crippen molar-refractivity contribution in [1.82, 2.24) is 25.0 Å². The van der Waals surface area contributed by atoms with E-state index in [0.717, 1.165) is 5.56 Å². The Morgan fingerprint density at radius 3 is 2.61 bits per heavy atom. The van der Waals surface area contributed by atoms with E-state index in [1.54, 1.807) is 19.2 Å². The van der Waals surface area contributed by atoms with Crippen molar-refractivity contribution in [3.05, 3.63) is 53.4 Å². The van der Waals surface area contributed by atoms with Gasteiger partial charge in [0.15, 0.2) is 5.96 Å². The molecule has 0 unspecified atom stereocenters. The Kier molecular flexibility index (Phi) is 7.64. The van der Waals surface area contributed by atoms with Gasteiger partial charge >= 0.3 is 0 Å². The zero-order valence-corrected chi connectivity index (χ0v) is 18.6. The SMILES string of the molecule is CCNC(=O)c1cccc(CNC(=NC)N2CCN(S(=O)(=O)Cc3ccon3)CC2)c1. The van der Waals surface area contributed by atoms with Crippen molar-refractivity contribution in [2.45, 2.75) is 19.2 Å². The molecule has 31 heavy (non-hydrogen) atoms. The molecule has 1 saturated heterocycles. The molecule has 0 radical (unpaired) electrons. The molecular weight excluding hydrogens is 420 g/mol. The highest BCUT2D eigenvalue weighted by Crippen LogP contribution is 2.13. The van der Waals surface area contributed by atoms with Crippen LogP contribution in [-0.4, -0.2) is 74.4 Å². The average Bonchev–Trinajstić information content (AvgIpc) is 3.27. The van der Waals surface area contributed by atoms with Crippen LogP contribution in [0.5, 0.6) is 0 Å². The minimum Gasteiger partial charge on any atom is -0.364 e. The number of nitrogens with one attached hydrogen (secondary N) is 2. The maximum Gasteiger partial charge on any atom is 0.251 e. The van der Waals surface area contributed by atoms with Crippen molar-refractivity contribution in [3.8, 4) is 0 Å². The molecule has 1 amide bonds. The Hall–Kier alpha value is -2.92. The number of benzene rings is 1. The molecule has 3 rings (SSSR count). The summed E-state index contributed by atoms with van der Waals surface area (Å²) in [5, 5.41) is 9.78. The van der Waals surface area contributed by atoms with Crippen LogP contribution in [0.15, 0.2) is 46.1 Å². The van der Waals surface area contributed by atoms with Crippen molar-refractivity contribution in [2.75, 3.05) is 39.8 Å². The molecule has 2 N–H and O–H groups in total. The average molecular weight is 449 g/mol. The number of guanidine groups is 1. The fourth-order valence-corrected chi connectivity index (χ4v) is 4.79. The Bertz CT molecular complexity index is 998. The molecule has 0 aliphatic carbocycles. The zero-order chi connectivity index (χ0) is 22.3. The van der Waals surface area contributed by atoms with Gasteiger partial charge in [-0.15, -0.1) is 0 Å². The first-order valence-electron chi connectivity index (χ1n) is 10.1. The molecule has 2 aromatic rings. The molecular formula is C20H28N6O4S. The first-order valence-corrected chi connectivity index (χ1v) is 11.7. The number of sulfonamides is 1. The molecule has 1 aromatic carbocycles. The van der Waals surface area contributed by atoms with Gasteiger partial charge in [0.1, 0.15) is 12.0 Å². The minimum atomic E-state index is -3.45. The Morgan fingerprint density at radius 1 is 1.19 bits per heavy atom. The van der Waals surface area contributed by atoms with Crippen molar-refractivity contribution in [3.63, 3.8) is 0 Å². The molecule has 10 nitrogen and oxygen atoms in total. The van der Waals surface area contributed by atoms with Crippen molar-refractivity contribution in [1.29, 1.82) is 0 Å². The third-order valence-electron chi connectivity index (χ3n) is 4.94. The standard InChI is InChI=1S/C20H28N6O4S/c1-3-22-19(27)17-6-4-5-16(13-17)14-23-20(21-2)25-8-10-26(11-9-25)31(28,29)15-18-7-12-30-24-18/h4-7,12-13H,3,8-11,14-15H2,1-2H3,(H,21,23)(H,22,27). The van der Waals surface area contributed by atoms with E-state index in [-0.39, 0.29) is 11.7 Å². The quantitative estimate of drug-likeness (QED) is 0.471. The third-order valence-corrected chi connectivity index (χ3v) is 6.75. The second-order valence-corrected chi connectivity index (χ2v) is 9.06. The number of aliphatic imine (C=N–C) groups is 1. The summed E-state index contributed by atoms with van der Waals surface area (Å²) in [6.07, 6.45) is 1.37. The molecule has 11 heteroatoms. The van der Waals surface area contributed by atoms with E-state index in [1.165, 1.54) is 10.6 Å². The van der Waals surface area contributed by atoms with Crippen LogP contribution in [0.4, 0.5) is 0 Å². The highest BCUT2D eigenvalue weighted by molar-refractivity contribution is 7.88. The number of amides is 1. The molecule has 0 saturated carbocycles. The van der Waals surface area contributed by atoms with E-state index in [4.69, 9.17) is 4.52 Å². The van der Waals surface area contributed by atoms with Gasteiger partial charge in [0.2, 0.25) is 10.0 Å². The van der Waals surface area contributed by atoms with Gasteiger partial charge in [-0.1, -0.05) is 17.3 Å². The van der Waals surface area contributed by atoms with Crippen LogP contribution in [-0.2, 0) is 22.3 Å². The van der Waals surface area contributed by atoms with Gasteiger partial charge in [-0.05, 0) is 24.6 Å². The molecule has 168 valence electrons. The Morgan fingerprint density at radius 2 is 1.97 bits per heavy atom. The van der Waals surface area contributed by atoms with Crippen LogP contribution < -0.4 is 10.6 Å². The molecule has 1 fully saturated rings. The maximum absolute atomic E-state index is 12.6. The Labute approximate surface area is 182 Å². The largest absolute Gasteiger partial charge is 0.364 e. The lowest BCUT2D eigenvalue weighted by Crippen LogP contribution is -2.53. The number of carbonyl (C=O) groups excluding carboxylic acids is 1. The summed E-state index contributed by atoms with van der Waals surface area (Å²) in [7, 11) is -1.75. The lowest BCUT2D eigenvalue weighted by atomic mass is 10.1. The summed E-state index contributed by atoms with van der Waals surface area (Å²) in [4.78, 5) is 18.4. The number of rotatable bonds is 7. The van der Waals surface area contributed by atoms with E-state index in [2.05, 4.69) is 20.8 Å². The summed E-state index contributed by atoms with van der Waals surface area (Å²) in [5.74, 6) is 0.423. The lowest BCUT2D eigenvalue weighted by Gasteiger charge is -2.35. The summed E-state index contributed by atoms with van der Waals surface area (Å²) < 4.78 is 31.4. The van der Waals surface area contributed by atoms with Gasteiger partial charge in [0.05, 0.1) is 5.69 Å². The predicted octanol–water partition coefficient (Wildman–Crippen LogP) is 0.647. The van der Waals surface area contributed by atoms with Gasteiger partial charge in [-0.25, -0.2) is 8.42 Å². The molecule has 1 aliphatic rings. The minimum absolute atomic E-state index is 0.100. The van der Waals surface area contributed by atoms with Crippen LogP contribution in [0, 0.1) is 0 Å². The van der Waals surface area contributed by atoms with Crippen LogP contribution in [0.1, 0.15) is 28.5 Å². The highest BCUT2D eigenvalue weighted by Gasteiger charge is 2.29. The smallest absolute Gasteiger partial charge is 0.251 e. The number of hydrogen-bond donors (Lipinski definition) is 2. The fourth-order valence-electron chi connectivity index (χ4n) is 3.37. The lowest BCUT2D eigenvalue weighted by molar-refractivity contribution is 0.0955. The van der Waals surface area contributed by atoms with Crippen LogP contribution >= 0.6 is 0 Å². The van der Waals surface area contributed by atoms with Gasteiger partial charge < -0.3 is 20.1 Å². The topological polar surface area (TPSA) is 120 Å². The summed E-state index contributed by atoms with van der Waals surface area (Å²) >= 11 is 0. The van der Waals surface area contributed by atoms with E-state index in [1.807, 2.05) is 30.0 Å². The molecule has 1 aromatic heterocycles. The van der Waals surface area contributed by atoms with Crippen LogP contribution in [0.25, 0.3) is 0 Å². The fraction of sp³-hybridized carbons (Fsp3) is 0.450. The monoisotopic (exact) mass is 448 g/mol. The second kappa shape index (κ2) is 10.4. The first-order chi connectivity index (χ1) is 14.9. The van der Waals surface area contributed by atoms with Gasteiger partial charge in [0.25, 0.3) is 5.91 Å². The zero-order valence-electron chi connectivity index (χ0n) is 17.7. The Balaban J connectivity index is 1.54. The molecule has 0 spiro atoms. The van der Waals surface area contributed by atoms with Crippen molar-refractivity contribution >= 4 is 21.9 Å². The summed E-state index contributed by atoms with van der Waals surface area (Å²) in [6, 6.07) is 8.97. The molecule has 0 bridgehead atoms. The molecule has 2 heterocycles. The van der Waals surface area contributed by atoms with Gasteiger partial charge in [0, 0.05) is 57.9 Å². The maximum atomic E-state index is 12.6. The number of piperazine rings is 1. The van der Waals surface area contributed by atoms with E-state index >= 15 is 0 Å². The number of hydrogen-bond acceptors (Lipinski definition) is 6. The number of carbonyl (C=O) groups is 1. The van der Waals surface area contributed by atoms with E-state index in [0.29, 0.717) is 56.5 Å². The first kappa shape index (κ1) is 22.8. The van der Waals surface area contributed by atoms with Crippen molar-refractivity contribution < 1.29 is 17.7 Å². The summed E-state index contributed by atoms with van der Waals surface area (Å²) in [6.45, 7) is 4.75. The van der Waals surface area contributed by atoms with Crippen molar-refractivity contribution in [2.24, 2.45) is 4.99 Å².